The number of ketones is 1. The molecule has 1 rings (SSSR count). The summed E-state index contributed by atoms with van der Waals surface area (Å²) < 4.78 is 52.6. The molecule has 0 aliphatic carbocycles. The van der Waals surface area contributed by atoms with E-state index in [1.54, 1.807) is 51.1 Å². The number of hydrogen-bond donors (Lipinski definition) is 1. The van der Waals surface area contributed by atoms with E-state index in [9.17, 15) is 18.0 Å². The second-order valence-corrected chi connectivity index (χ2v) is 6.52. The van der Waals surface area contributed by atoms with Gasteiger partial charge in [0.15, 0.2) is 5.78 Å². The topological polar surface area (TPSA) is 61.5 Å². The van der Waals surface area contributed by atoms with Gasteiger partial charge in [-0.05, 0) is 26.3 Å². The number of ether oxygens (including phenoxy) is 2. The highest BCUT2D eigenvalue weighted by Gasteiger charge is 2.66. The average Bonchev–Trinajstić information content (AvgIpc) is 2.52. The molecule has 7 heteroatoms. The van der Waals surface area contributed by atoms with Crippen LogP contribution in [0.5, 0.6) is 0 Å². The van der Waals surface area contributed by atoms with Gasteiger partial charge in [0.25, 0.3) is 5.60 Å². The lowest BCUT2D eigenvalue weighted by Gasteiger charge is -2.41. The number of Topliss-reactive ketones (excluding diaryl/α,β-unsaturated/α-hetero) is 1. The van der Waals surface area contributed by atoms with Crippen molar-refractivity contribution in [2.45, 2.75) is 50.9 Å². The number of alkyl halides is 3. The van der Waals surface area contributed by atoms with E-state index in [0.29, 0.717) is 5.56 Å². The van der Waals surface area contributed by atoms with E-state index in [1.807, 2.05) is 0 Å². The molecule has 1 aromatic rings. The Kier molecular flexibility index (Phi) is 6.93. The predicted octanol–water partition coefficient (Wildman–Crippen LogP) is 3.40. The molecule has 0 saturated carbocycles. The minimum atomic E-state index is -5.04. The van der Waals surface area contributed by atoms with Crippen LogP contribution in [0.25, 0.3) is 0 Å². The predicted molar refractivity (Wildman–Crippen MR) is 88.9 cm³/mol. The normalized spacial score (nSPS) is 16.1. The highest BCUT2D eigenvalue weighted by Crippen LogP contribution is 2.41. The van der Waals surface area contributed by atoms with Crippen LogP contribution in [0.15, 0.2) is 43.0 Å². The number of carbonyl (C=O) groups is 1. The standard InChI is InChI=1S/C18H24F3NO3/c1-5-15(25-16(2,3)4)17(14(23)11-22,18(19,20)21)24-12-13-9-7-6-8-10-13/h5-10,15H,1,11-12,22H2,2-4H3. The van der Waals surface area contributed by atoms with E-state index in [0.717, 1.165) is 6.08 Å². The number of rotatable bonds is 8. The Morgan fingerprint density at radius 3 is 2.20 bits per heavy atom. The summed E-state index contributed by atoms with van der Waals surface area (Å²) in [7, 11) is 0. The van der Waals surface area contributed by atoms with Gasteiger partial charge in [-0.1, -0.05) is 36.4 Å². The summed E-state index contributed by atoms with van der Waals surface area (Å²) in [5.41, 5.74) is 1.56. The molecule has 0 aliphatic rings. The van der Waals surface area contributed by atoms with Gasteiger partial charge in [0.05, 0.1) is 18.8 Å². The number of carbonyl (C=O) groups excluding carboxylic acids is 1. The summed E-state index contributed by atoms with van der Waals surface area (Å²) in [5, 5.41) is 0. The summed E-state index contributed by atoms with van der Waals surface area (Å²) in [5.74, 6) is -1.31. The van der Waals surface area contributed by atoms with Crippen molar-refractivity contribution in [2.75, 3.05) is 6.54 Å². The molecule has 0 heterocycles. The molecule has 0 bridgehead atoms. The fourth-order valence-corrected chi connectivity index (χ4v) is 2.32. The Morgan fingerprint density at radius 1 is 1.24 bits per heavy atom. The first-order chi connectivity index (χ1) is 11.5. The van der Waals surface area contributed by atoms with Crippen LogP contribution >= 0.6 is 0 Å². The first kappa shape index (κ1) is 21.3. The maximum Gasteiger partial charge on any atom is 0.427 e. The lowest BCUT2D eigenvalue weighted by molar-refractivity contribution is -0.301. The Hall–Kier alpha value is -1.70. The molecule has 0 radical (unpaired) electrons. The highest BCUT2D eigenvalue weighted by atomic mass is 19.4. The van der Waals surface area contributed by atoms with Crippen molar-refractivity contribution < 1.29 is 27.4 Å². The van der Waals surface area contributed by atoms with Gasteiger partial charge in [-0.25, -0.2) is 0 Å². The first-order valence-electron chi connectivity index (χ1n) is 7.76. The van der Waals surface area contributed by atoms with E-state index >= 15 is 0 Å². The Labute approximate surface area is 145 Å². The zero-order valence-corrected chi connectivity index (χ0v) is 14.6. The molecular weight excluding hydrogens is 335 g/mol. The molecule has 0 aliphatic heterocycles. The van der Waals surface area contributed by atoms with Crippen LogP contribution in [-0.2, 0) is 20.9 Å². The van der Waals surface area contributed by atoms with Crippen LogP contribution in [0.2, 0.25) is 0 Å². The van der Waals surface area contributed by atoms with Crippen LogP contribution in [0.1, 0.15) is 26.3 Å². The van der Waals surface area contributed by atoms with Crippen molar-refractivity contribution >= 4 is 5.78 Å². The van der Waals surface area contributed by atoms with Gasteiger partial charge in [0.2, 0.25) is 0 Å². The van der Waals surface area contributed by atoms with Gasteiger partial charge in [-0.15, -0.1) is 6.58 Å². The number of halogens is 3. The van der Waals surface area contributed by atoms with Crippen LogP contribution in [0, 0.1) is 0 Å². The van der Waals surface area contributed by atoms with Crippen LogP contribution < -0.4 is 5.73 Å². The molecule has 2 unspecified atom stereocenters. The molecule has 0 spiro atoms. The monoisotopic (exact) mass is 359 g/mol. The quantitative estimate of drug-likeness (QED) is 0.723. The highest BCUT2D eigenvalue weighted by molar-refractivity contribution is 5.91. The molecule has 0 fully saturated rings. The van der Waals surface area contributed by atoms with Gasteiger partial charge in [-0.2, -0.15) is 13.2 Å². The number of nitrogens with two attached hydrogens (primary N) is 1. The summed E-state index contributed by atoms with van der Waals surface area (Å²) in [6.45, 7) is 6.86. The molecule has 1 aromatic carbocycles. The van der Waals surface area contributed by atoms with E-state index in [1.165, 1.54) is 0 Å². The third kappa shape index (κ3) is 5.14. The van der Waals surface area contributed by atoms with Crippen LogP contribution in [-0.4, -0.2) is 35.8 Å². The summed E-state index contributed by atoms with van der Waals surface area (Å²) in [6.07, 6.45) is -5.85. The summed E-state index contributed by atoms with van der Waals surface area (Å²) >= 11 is 0. The largest absolute Gasteiger partial charge is 0.427 e. The lowest BCUT2D eigenvalue weighted by Crippen LogP contribution is -2.64. The van der Waals surface area contributed by atoms with E-state index in [-0.39, 0.29) is 0 Å². The zero-order valence-electron chi connectivity index (χ0n) is 14.6. The van der Waals surface area contributed by atoms with Gasteiger partial charge in [0, 0.05) is 0 Å². The molecule has 2 atom stereocenters. The third-order valence-electron chi connectivity index (χ3n) is 3.43. The lowest BCUT2D eigenvalue weighted by atomic mass is 9.89. The second-order valence-electron chi connectivity index (χ2n) is 6.52. The second kappa shape index (κ2) is 8.12. The van der Waals surface area contributed by atoms with Crippen LogP contribution in [0.4, 0.5) is 13.2 Å². The SMILES string of the molecule is C=CC(OC(C)(C)C)C(OCc1ccccc1)(C(=O)CN)C(F)(F)F. The van der Waals surface area contributed by atoms with Gasteiger partial charge < -0.3 is 15.2 Å². The Bertz CT molecular complexity index is 581. The summed E-state index contributed by atoms with van der Waals surface area (Å²) in [6, 6.07) is 8.24. The maximum atomic E-state index is 14.0. The van der Waals surface area contributed by atoms with Crippen molar-refractivity contribution in [1.82, 2.24) is 0 Å². The average molecular weight is 359 g/mol. The van der Waals surface area contributed by atoms with Crippen molar-refractivity contribution in [3.8, 4) is 0 Å². The molecule has 0 amide bonds. The molecule has 2 N–H and O–H groups in total. The van der Waals surface area contributed by atoms with E-state index in [2.05, 4.69) is 6.58 Å². The minimum Gasteiger partial charge on any atom is -0.365 e. The first-order valence-corrected chi connectivity index (χ1v) is 7.76. The van der Waals surface area contributed by atoms with Crippen molar-refractivity contribution in [2.24, 2.45) is 5.73 Å². The van der Waals surface area contributed by atoms with Gasteiger partial charge in [-0.3, -0.25) is 4.79 Å². The Balaban J connectivity index is 3.35. The minimum absolute atomic E-state index is 0.427. The van der Waals surface area contributed by atoms with Crippen LogP contribution in [0.3, 0.4) is 0 Å². The molecule has 0 aromatic heterocycles. The fourth-order valence-electron chi connectivity index (χ4n) is 2.32. The Morgan fingerprint density at radius 2 is 1.80 bits per heavy atom. The van der Waals surface area contributed by atoms with Gasteiger partial charge in [0.1, 0.15) is 6.10 Å². The maximum absolute atomic E-state index is 14.0. The van der Waals surface area contributed by atoms with Crippen molar-refractivity contribution in [3.63, 3.8) is 0 Å². The van der Waals surface area contributed by atoms with Gasteiger partial charge >= 0.3 is 6.18 Å². The molecular formula is C18H24F3NO3. The molecule has 0 saturated heterocycles. The van der Waals surface area contributed by atoms with E-state index in [4.69, 9.17) is 15.2 Å². The zero-order chi connectivity index (χ0) is 19.3. The third-order valence-corrected chi connectivity index (χ3v) is 3.43. The fraction of sp³-hybridized carbons (Fsp3) is 0.500. The summed E-state index contributed by atoms with van der Waals surface area (Å²) in [4.78, 5) is 12.3. The smallest absolute Gasteiger partial charge is 0.365 e. The van der Waals surface area contributed by atoms with E-state index < -0.39 is 42.4 Å². The molecule has 25 heavy (non-hydrogen) atoms. The van der Waals surface area contributed by atoms with Crippen molar-refractivity contribution in [3.05, 3.63) is 48.6 Å². The molecule has 140 valence electrons. The molecule has 4 nitrogen and oxygen atoms in total. The number of benzene rings is 1. The number of hydrogen-bond acceptors (Lipinski definition) is 4. The van der Waals surface area contributed by atoms with Crippen molar-refractivity contribution in [1.29, 1.82) is 0 Å².